The van der Waals surface area contributed by atoms with E-state index < -0.39 is 0 Å². The van der Waals surface area contributed by atoms with Crippen LogP contribution in [-0.4, -0.2) is 18.9 Å². The molecule has 1 aliphatic carbocycles. The lowest BCUT2D eigenvalue weighted by atomic mass is 10.2. The number of aromatic nitrogens is 4. The van der Waals surface area contributed by atoms with Crippen LogP contribution in [0.3, 0.4) is 0 Å². The molecule has 0 radical (unpaired) electrons. The predicted octanol–water partition coefficient (Wildman–Crippen LogP) is 5.14. The van der Waals surface area contributed by atoms with Crippen LogP contribution in [0.5, 0.6) is 0 Å². The third-order valence-electron chi connectivity index (χ3n) is 5.92. The van der Waals surface area contributed by atoms with Crippen molar-refractivity contribution in [2.24, 2.45) is 0 Å². The Morgan fingerprint density at radius 3 is 2.74 bits per heavy atom. The van der Waals surface area contributed by atoms with Gasteiger partial charge in [0.15, 0.2) is 5.16 Å². The van der Waals surface area contributed by atoms with Crippen molar-refractivity contribution in [1.29, 1.82) is 0 Å². The molecule has 0 saturated heterocycles. The normalized spacial score (nSPS) is 14.8. The van der Waals surface area contributed by atoms with Gasteiger partial charge in [-0.15, -0.1) is 11.3 Å². The van der Waals surface area contributed by atoms with Crippen LogP contribution in [0, 0.1) is 13.8 Å². The number of thiophene rings is 1. The Morgan fingerprint density at radius 1 is 1.19 bits per heavy atom. The number of nitrogens with zero attached hydrogens (tertiary/aromatic N) is 4. The molecule has 5 rings (SSSR count). The monoisotopic (exact) mass is 472 g/mol. The summed E-state index contributed by atoms with van der Waals surface area (Å²) < 4.78 is 3.33. The first-order chi connectivity index (χ1) is 14.9. The van der Waals surface area contributed by atoms with Crippen molar-refractivity contribution in [2.45, 2.75) is 56.5 Å². The van der Waals surface area contributed by atoms with E-state index in [2.05, 4.69) is 4.98 Å². The Morgan fingerprint density at radius 2 is 1.97 bits per heavy atom. The first-order valence-electron chi connectivity index (χ1n) is 10.3. The summed E-state index contributed by atoms with van der Waals surface area (Å²) in [7, 11) is 0. The molecule has 0 spiro atoms. The molecule has 0 bridgehead atoms. The fourth-order valence-electron chi connectivity index (χ4n) is 4.21. The highest BCUT2D eigenvalue weighted by molar-refractivity contribution is 7.98. The van der Waals surface area contributed by atoms with Gasteiger partial charge in [0.1, 0.15) is 10.5 Å². The molecule has 1 fully saturated rings. The summed E-state index contributed by atoms with van der Waals surface area (Å²) in [5.41, 5.74) is 2.12. The van der Waals surface area contributed by atoms with E-state index in [1.165, 1.54) is 22.2 Å². The smallest absolute Gasteiger partial charge is 0.263 e. The molecule has 0 N–H and O–H groups in total. The van der Waals surface area contributed by atoms with Crippen molar-refractivity contribution >= 4 is 50.6 Å². The molecule has 0 amide bonds. The molecular formula is C22H21ClN4O2S2. The van der Waals surface area contributed by atoms with Crippen LogP contribution in [0.2, 0.25) is 5.02 Å². The minimum Gasteiger partial charge on any atom is -0.284 e. The van der Waals surface area contributed by atoms with Crippen LogP contribution in [-0.2, 0) is 5.75 Å². The summed E-state index contributed by atoms with van der Waals surface area (Å²) in [6.07, 6.45) is 5.83. The maximum absolute atomic E-state index is 13.5. The molecule has 1 saturated carbocycles. The lowest BCUT2D eigenvalue weighted by molar-refractivity contribution is 0.458. The van der Waals surface area contributed by atoms with Crippen LogP contribution in [0.15, 0.2) is 39.1 Å². The van der Waals surface area contributed by atoms with E-state index in [1.54, 1.807) is 29.7 Å². The van der Waals surface area contributed by atoms with Gasteiger partial charge in [0.05, 0.1) is 16.1 Å². The van der Waals surface area contributed by atoms with E-state index in [0.717, 1.165) is 46.3 Å². The van der Waals surface area contributed by atoms with Gasteiger partial charge in [0.25, 0.3) is 11.1 Å². The van der Waals surface area contributed by atoms with Gasteiger partial charge in [-0.1, -0.05) is 36.2 Å². The van der Waals surface area contributed by atoms with Gasteiger partial charge >= 0.3 is 0 Å². The summed E-state index contributed by atoms with van der Waals surface area (Å²) in [5, 5.41) is 1.94. The van der Waals surface area contributed by atoms with Crippen molar-refractivity contribution in [1.82, 2.24) is 18.9 Å². The second-order valence-electron chi connectivity index (χ2n) is 7.92. The van der Waals surface area contributed by atoms with E-state index >= 15 is 0 Å². The van der Waals surface area contributed by atoms with E-state index in [4.69, 9.17) is 16.6 Å². The number of hydrogen-bond acceptors (Lipinski definition) is 6. The minimum absolute atomic E-state index is 0.0578. The number of thioether (sulfide) groups is 1. The van der Waals surface area contributed by atoms with Gasteiger partial charge in [-0.3, -0.25) is 18.6 Å². The summed E-state index contributed by atoms with van der Waals surface area (Å²) in [4.78, 5) is 37.4. The Labute approximate surface area is 191 Å². The topological polar surface area (TPSA) is 69.3 Å². The molecule has 1 aliphatic rings. The van der Waals surface area contributed by atoms with E-state index in [9.17, 15) is 9.59 Å². The summed E-state index contributed by atoms with van der Waals surface area (Å²) >= 11 is 9.04. The average molecular weight is 473 g/mol. The molecule has 0 aromatic carbocycles. The minimum atomic E-state index is -0.177. The molecular weight excluding hydrogens is 452 g/mol. The van der Waals surface area contributed by atoms with E-state index in [-0.39, 0.29) is 17.2 Å². The van der Waals surface area contributed by atoms with Crippen LogP contribution in [0.4, 0.5) is 0 Å². The largest absolute Gasteiger partial charge is 0.284 e. The first-order valence-corrected chi connectivity index (χ1v) is 12.4. The highest BCUT2D eigenvalue weighted by Gasteiger charge is 2.25. The molecule has 160 valence electrons. The lowest BCUT2D eigenvalue weighted by Crippen LogP contribution is -2.26. The summed E-state index contributed by atoms with van der Waals surface area (Å²) in [6, 6.07) is 5.15. The van der Waals surface area contributed by atoms with Crippen molar-refractivity contribution in [2.75, 3.05) is 0 Å². The highest BCUT2D eigenvalue weighted by atomic mass is 35.5. The molecule has 0 unspecified atom stereocenters. The van der Waals surface area contributed by atoms with Crippen LogP contribution < -0.4 is 11.1 Å². The molecule has 4 heterocycles. The number of rotatable bonds is 4. The number of halogens is 1. The van der Waals surface area contributed by atoms with Crippen molar-refractivity contribution in [3.63, 3.8) is 0 Å². The van der Waals surface area contributed by atoms with Gasteiger partial charge in [-0.05, 0) is 44.4 Å². The fraction of sp³-hybridized carbons (Fsp3) is 0.364. The molecule has 31 heavy (non-hydrogen) atoms. The Bertz CT molecular complexity index is 1430. The standard InChI is InChI=1S/C22H21ClN4O2S2/c1-12-13(2)31-20-19(12)21(29)27(16-5-3-4-6-16)22(25-20)30-11-15-9-18(28)26-10-14(23)7-8-17(26)24-15/h7-10,16H,3-6,11H2,1-2H3. The fourth-order valence-corrected chi connectivity index (χ4v) is 6.40. The number of fused-ring (bicyclic) bond motifs is 2. The van der Waals surface area contributed by atoms with Gasteiger partial charge in [-0.25, -0.2) is 9.97 Å². The maximum Gasteiger partial charge on any atom is 0.263 e. The second kappa shape index (κ2) is 8.07. The van der Waals surface area contributed by atoms with Gasteiger partial charge in [0.2, 0.25) is 0 Å². The summed E-state index contributed by atoms with van der Waals surface area (Å²) in [6.45, 7) is 4.04. The SMILES string of the molecule is Cc1sc2nc(SCc3cc(=O)n4cc(Cl)ccc4n3)n(C3CCCC3)c(=O)c2c1C. The average Bonchev–Trinajstić information content (AvgIpc) is 3.35. The molecule has 9 heteroatoms. The molecule has 6 nitrogen and oxygen atoms in total. The molecule has 0 atom stereocenters. The van der Waals surface area contributed by atoms with Gasteiger partial charge in [-0.2, -0.15) is 0 Å². The molecule has 4 aromatic rings. The predicted molar refractivity (Wildman–Crippen MR) is 127 cm³/mol. The van der Waals surface area contributed by atoms with Gasteiger partial charge < -0.3 is 0 Å². The number of hydrogen-bond donors (Lipinski definition) is 0. The lowest BCUT2D eigenvalue weighted by Gasteiger charge is -2.18. The highest BCUT2D eigenvalue weighted by Crippen LogP contribution is 2.35. The van der Waals surface area contributed by atoms with Crippen molar-refractivity contribution < 1.29 is 0 Å². The maximum atomic E-state index is 13.5. The Kier molecular flexibility index (Phi) is 5.40. The van der Waals surface area contributed by atoms with E-state index in [0.29, 0.717) is 27.3 Å². The Balaban J connectivity index is 1.56. The quantitative estimate of drug-likeness (QED) is 0.303. The first kappa shape index (κ1) is 20.7. The summed E-state index contributed by atoms with van der Waals surface area (Å²) in [5.74, 6) is 0.461. The van der Waals surface area contributed by atoms with E-state index in [1.807, 2.05) is 18.4 Å². The van der Waals surface area contributed by atoms with Crippen LogP contribution >= 0.6 is 34.7 Å². The zero-order chi connectivity index (χ0) is 21.7. The van der Waals surface area contributed by atoms with Crippen LogP contribution in [0.1, 0.15) is 47.9 Å². The second-order valence-corrected chi connectivity index (χ2v) is 10.5. The number of aryl methyl sites for hydroxylation is 2. The van der Waals surface area contributed by atoms with Crippen molar-refractivity contribution in [3.8, 4) is 0 Å². The third kappa shape index (κ3) is 3.70. The number of pyridine rings is 1. The van der Waals surface area contributed by atoms with Gasteiger partial charge in [0, 0.05) is 28.9 Å². The molecule has 4 aromatic heterocycles. The zero-order valence-corrected chi connectivity index (χ0v) is 19.6. The third-order valence-corrected chi connectivity index (χ3v) is 8.23. The van der Waals surface area contributed by atoms with Crippen molar-refractivity contribution in [3.05, 3.63) is 66.3 Å². The zero-order valence-electron chi connectivity index (χ0n) is 17.2. The Hall–Kier alpha value is -2.16. The molecule has 0 aliphatic heterocycles. The van der Waals surface area contributed by atoms with Crippen LogP contribution in [0.25, 0.3) is 15.9 Å².